The van der Waals surface area contributed by atoms with Crippen molar-refractivity contribution in [2.45, 2.75) is 18.4 Å². The molecule has 0 bridgehead atoms. The molecule has 0 atom stereocenters. The van der Waals surface area contributed by atoms with Gasteiger partial charge in [0.2, 0.25) is 0 Å². The summed E-state index contributed by atoms with van der Waals surface area (Å²) in [5.74, 6) is -0.0395. The van der Waals surface area contributed by atoms with Gasteiger partial charge in [0.25, 0.3) is 16.0 Å². The second-order valence-electron chi connectivity index (χ2n) is 3.82. The second-order valence-corrected chi connectivity index (χ2v) is 5.91. The summed E-state index contributed by atoms with van der Waals surface area (Å²) in [7, 11) is -3.99. The topological polar surface area (TPSA) is 97.0 Å². The number of alkyl halides is 2. The van der Waals surface area contributed by atoms with Crippen LogP contribution in [-0.2, 0) is 10.0 Å². The van der Waals surface area contributed by atoms with Gasteiger partial charge in [0.15, 0.2) is 0 Å². The first-order chi connectivity index (χ1) is 9.78. The molecule has 0 saturated carbocycles. The van der Waals surface area contributed by atoms with Gasteiger partial charge >= 0.3 is 6.61 Å². The molecule has 2 aromatic rings. The first-order valence-corrected chi connectivity index (χ1v) is 7.30. The zero-order chi connectivity index (χ0) is 15.6. The molecule has 0 aliphatic rings. The van der Waals surface area contributed by atoms with Crippen LogP contribution in [0.25, 0.3) is 0 Å². The maximum absolute atomic E-state index is 12.1. The third-order valence-electron chi connectivity index (χ3n) is 2.25. The zero-order valence-corrected chi connectivity index (χ0v) is 12.0. The largest absolute Gasteiger partial charge is 0.433 e. The number of hydrogen-bond acceptors (Lipinski definition) is 5. The molecule has 11 heteroatoms. The molecule has 0 radical (unpaired) electrons. The van der Waals surface area contributed by atoms with Gasteiger partial charge in [0.05, 0.1) is 9.92 Å². The lowest BCUT2D eigenvalue weighted by atomic mass is 10.3. The van der Waals surface area contributed by atoms with Crippen molar-refractivity contribution in [1.29, 1.82) is 0 Å². The molecular weight excluding hydrogens is 330 g/mol. The number of halogens is 3. The molecule has 1 aromatic heterocycles. The Morgan fingerprint density at radius 3 is 2.67 bits per heavy atom. The lowest BCUT2D eigenvalue weighted by Crippen LogP contribution is -2.14. The van der Waals surface area contributed by atoms with Crippen LogP contribution in [0.3, 0.4) is 0 Å². The Labute approximate surface area is 123 Å². The molecule has 2 rings (SSSR count). The molecule has 21 heavy (non-hydrogen) atoms. The molecular formula is C10H9ClF2N4O3S. The summed E-state index contributed by atoms with van der Waals surface area (Å²) in [5.41, 5.74) is 0. The van der Waals surface area contributed by atoms with Crippen LogP contribution in [0.15, 0.2) is 23.1 Å². The smallest absolute Gasteiger partial charge is 0.387 e. The minimum atomic E-state index is -3.99. The summed E-state index contributed by atoms with van der Waals surface area (Å²) in [6.07, 6.45) is 0. The summed E-state index contributed by atoms with van der Waals surface area (Å²) < 4.78 is 54.5. The summed E-state index contributed by atoms with van der Waals surface area (Å²) in [6, 6.07) is 3.10. The fourth-order valence-electron chi connectivity index (χ4n) is 1.41. The molecule has 0 aliphatic heterocycles. The Balaban J connectivity index is 2.26. The van der Waals surface area contributed by atoms with Gasteiger partial charge in [-0.3, -0.25) is 5.10 Å². The van der Waals surface area contributed by atoms with E-state index in [1.807, 2.05) is 0 Å². The van der Waals surface area contributed by atoms with Crippen LogP contribution in [0, 0.1) is 6.92 Å². The van der Waals surface area contributed by atoms with Crippen LogP contribution < -0.4 is 9.46 Å². The molecule has 1 heterocycles. The van der Waals surface area contributed by atoms with E-state index in [1.54, 1.807) is 6.92 Å². The summed E-state index contributed by atoms with van der Waals surface area (Å²) in [4.78, 5) is 3.55. The molecule has 0 amide bonds. The van der Waals surface area contributed by atoms with Gasteiger partial charge < -0.3 is 4.74 Å². The van der Waals surface area contributed by atoms with E-state index in [9.17, 15) is 17.2 Å². The predicted octanol–water partition coefficient (Wildman–Crippen LogP) is 2.17. The zero-order valence-electron chi connectivity index (χ0n) is 10.5. The van der Waals surface area contributed by atoms with Crippen LogP contribution in [0.1, 0.15) is 5.82 Å². The van der Waals surface area contributed by atoms with Gasteiger partial charge in [0, 0.05) is 0 Å². The average molecular weight is 339 g/mol. The van der Waals surface area contributed by atoms with Crippen molar-refractivity contribution in [3.05, 3.63) is 29.0 Å². The third kappa shape index (κ3) is 3.79. The van der Waals surface area contributed by atoms with Gasteiger partial charge in [0.1, 0.15) is 11.6 Å². The number of H-pyrrole nitrogens is 1. The van der Waals surface area contributed by atoms with E-state index in [1.165, 1.54) is 0 Å². The Morgan fingerprint density at radius 1 is 1.43 bits per heavy atom. The van der Waals surface area contributed by atoms with Crippen LogP contribution >= 0.6 is 11.6 Å². The highest BCUT2D eigenvalue weighted by Crippen LogP contribution is 2.29. The van der Waals surface area contributed by atoms with Gasteiger partial charge in [-0.05, 0) is 25.1 Å². The Hall–Kier alpha value is -1.94. The van der Waals surface area contributed by atoms with Crippen molar-refractivity contribution in [1.82, 2.24) is 15.2 Å². The van der Waals surface area contributed by atoms with Crippen molar-refractivity contribution in [3.63, 3.8) is 0 Å². The van der Waals surface area contributed by atoms with Crippen LogP contribution in [0.4, 0.5) is 14.7 Å². The maximum atomic E-state index is 12.1. The van der Waals surface area contributed by atoms with Gasteiger partial charge in [-0.1, -0.05) is 11.6 Å². The first kappa shape index (κ1) is 15.4. The third-order valence-corrected chi connectivity index (χ3v) is 3.87. The SMILES string of the molecule is Cc1nc(NS(=O)(=O)c2ccc(OC(F)F)c(Cl)c2)n[nH]1. The van der Waals surface area contributed by atoms with E-state index >= 15 is 0 Å². The summed E-state index contributed by atoms with van der Waals surface area (Å²) in [6.45, 7) is -1.46. The van der Waals surface area contributed by atoms with Crippen molar-refractivity contribution in [2.24, 2.45) is 0 Å². The quantitative estimate of drug-likeness (QED) is 0.870. The van der Waals surface area contributed by atoms with Crippen LogP contribution in [-0.4, -0.2) is 30.2 Å². The molecule has 2 N–H and O–H groups in total. The van der Waals surface area contributed by atoms with Gasteiger partial charge in [-0.25, -0.2) is 13.1 Å². The average Bonchev–Trinajstić information content (AvgIpc) is 2.76. The minimum Gasteiger partial charge on any atom is -0.433 e. The Bertz CT molecular complexity index is 751. The van der Waals surface area contributed by atoms with E-state index in [4.69, 9.17) is 11.6 Å². The van der Waals surface area contributed by atoms with Crippen molar-refractivity contribution >= 4 is 27.6 Å². The lowest BCUT2D eigenvalue weighted by Gasteiger charge is -2.09. The number of hydrogen-bond donors (Lipinski definition) is 2. The molecule has 114 valence electrons. The molecule has 1 aromatic carbocycles. The molecule has 0 fully saturated rings. The predicted molar refractivity (Wildman–Crippen MR) is 70.0 cm³/mol. The number of nitrogens with one attached hydrogen (secondary N) is 2. The van der Waals surface area contributed by atoms with Crippen molar-refractivity contribution < 1.29 is 21.9 Å². The minimum absolute atomic E-state index is 0.142. The lowest BCUT2D eigenvalue weighted by molar-refractivity contribution is -0.0498. The monoisotopic (exact) mass is 338 g/mol. The van der Waals surface area contributed by atoms with Gasteiger partial charge in [-0.15, -0.1) is 5.10 Å². The normalized spacial score (nSPS) is 11.7. The number of ether oxygens (including phenoxy) is 1. The van der Waals surface area contributed by atoms with E-state index < -0.39 is 16.6 Å². The molecule has 0 aliphatic carbocycles. The fourth-order valence-corrected chi connectivity index (χ4v) is 2.67. The molecule has 0 spiro atoms. The maximum Gasteiger partial charge on any atom is 0.387 e. The van der Waals surface area contributed by atoms with Gasteiger partial charge in [-0.2, -0.15) is 13.8 Å². The highest BCUT2D eigenvalue weighted by molar-refractivity contribution is 7.92. The van der Waals surface area contributed by atoms with E-state index in [-0.39, 0.29) is 21.6 Å². The van der Waals surface area contributed by atoms with E-state index in [2.05, 4.69) is 24.6 Å². The van der Waals surface area contributed by atoms with Crippen LogP contribution in [0.5, 0.6) is 5.75 Å². The number of sulfonamides is 1. The number of benzene rings is 1. The van der Waals surface area contributed by atoms with Crippen LogP contribution in [0.2, 0.25) is 5.02 Å². The fraction of sp³-hybridized carbons (Fsp3) is 0.200. The number of aromatic amines is 1. The number of rotatable bonds is 5. The van der Waals surface area contributed by atoms with Crippen molar-refractivity contribution in [3.8, 4) is 5.75 Å². The number of anilines is 1. The molecule has 7 nitrogen and oxygen atoms in total. The van der Waals surface area contributed by atoms with E-state index in [0.717, 1.165) is 18.2 Å². The Morgan fingerprint density at radius 2 is 2.14 bits per heavy atom. The summed E-state index contributed by atoms with van der Waals surface area (Å²) in [5, 5.41) is 5.83. The number of nitrogens with zero attached hydrogens (tertiary/aromatic N) is 2. The first-order valence-electron chi connectivity index (χ1n) is 5.44. The Kier molecular flexibility index (Phi) is 4.28. The number of aryl methyl sites for hydroxylation is 1. The molecule has 0 saturated heterocycles. The molecule has 0 unspecified atom stereocenters. The highest BCUT2D eigenvalue weighted by Gasteiger charge is 2.19. The number of aromatic nitrogens is 3. The standard InChI is InChI=1S/C10H9ClF2N4O3S/c1-5-14-10(16-15-5)17-21(18,19)6-2-3-8(7(11)4-6)20-9(12)13/h2-4,9H,1H3,(H2,14,15,16,17). The summed E-state index contributed by atoms with van der Waals surface area (Å²) >= 11 is 5.70. The second kappa shape index (κ2) is 5.82. The van der Waals surface area contributed by atoms with Crippen molar-refractivity contribution in [2.75, 3.05) is 4.72 Å². The van der Waals surface area contributed by atoms with E-state index in [0.29, 0.717) is 5.82 Å². The highest BCUT2D eigenvalue weighted by atomic mass is 35.5.